The van der Waals surface area contributed by atoms with Gasteiger partial charge in [-0.3, -0.25) is 14.5 Å². The molecule has 1 heterocycles. The van der Waals surface area contributed by atoms with Crippen molar-refractivity contribution in [3.63, 3.8) is 0 Å². The van der Waals surface area contributed by atoms with Crippen molar-refractivity contribution < 1.29 is 19.4 Å². The Morgan fingerprint density at radius 3 is 2.69 bits per heavy atom. The van der Waals surface area contributed by atoms with Gasteiger partial charge in [-0.05, 0) is 33.2 Å². The summed E-state index contributed by atoms with van der Waals surface area (Å²) in [6.45, 7) is 4.30. The first kappa shape index (κ1) is 13.0. The highest BCUT2D eigenvalue weighted by Crippen LogP contribution is 2.16. The molecule has 1 aliphatic heterocycles. The Balaban J connectivity index is 2.49. The number of aliphatic carboxylic acids is 1. The number of carboxylic acid groups (broad SMARTS) is 1. The van der Waals surface area contributed by atoms with E-state index in [-0.39, 0.29) is 18.6 Å². The number of carbonyl (C=O) groups is 2. The van der Waals surface area contributed by atoms with Gasteiger partial charge in [0, 0.05) is 0 Å². The molecule has 0 aromatic carbocycles. The normalized spacial score (nSPS) is 22.1. The number of likely N-dealkylation sites (tertiary alicyclic amines) is 1. The van der Waals surface area contributed by atoms with Gasteiger partial charge in [0.2, 0.25) is 0 Å². The highest BCUT2D eigenvalue weighted by atomic mass is 16.5. The average molecular weight is 229 g/mol. The molecule has 0 aromatic rings. The van der Waals surface area contributed by atoms with Crippen molar-refractivity contribution in [1.29, 1.82) is 0 Å². The molecule has 1 aliphatic rings. The van der Waals surface area contributed by atoms with Crippen molar-refractivity contribution in [2.24, 2.45) is 0 Å². The number of ether oxygens (including phenoxy) is 1. The summed E-state index contributed by atoms with van der Waals surface area (Å²) in [7, 11) is 0. The summed E-state index contributed by atoms with van der Waals surface area (Å²) in [4.78, 5) is 24.1. The number of hydrogen-bond acceptors (Lipinski definition) is 4. The van der Waals surface area contributed by atoms with Gasteiger partial charge in [-0.25, -0.2) is 0 Å². The molecule has 1 fully saturated rings. The summed E-state index contributed by atoms with van der Waals surface area (Å²) in [5, 5.41) is 9.01. The highest BCUT2D eigenvalue weighted by Gasteiger charge is 2.30. The molecule has 0 aromatic heterocycles. The monoisotopic (exact) mass is 229 g/mol. The molecule has 0 radical (unpaired) electrons. The van der Waals surface area contributed by atoms with Gasteiger partial charge in [0.25, 0.3) is 0 Å². The van der Waals surface area contributed by atoms with E-state index in [1.807, 2.05) is 0 Å². The number of carbonyl (C=O) groups excluding carboxylic acids is 1. The second-order valence-electron chi connectivity index (χ2n) is 4.36. The minimum Gasteiger partial charge on any atom is -0.480 e. The molecule has 1 unspecified atom stereocenters. The fourth-order valence-corrected chi connectivity index (χ4v) is 1.93. The van der Waals surface area contributed by atoms with Gasteiger partial charge in [-0.1, -0.05) is 6.42 Å². The Morgan fingerprint density at radius 2 is 2.12 bits per heavy atom. The first-order chi connectivity index (χ1) is 7.50. The van der Waals surface area contributed by atoms with E-state index in [2.05, 4.69) is 0 Å². The van der Waals surface area contributed by atoms with E-state index in [0.717, 1.165) is 12.8 Å². The van der Waals surface area contributed by atoms with Crippen molar-refractivity contribution in [2.75, 3.05) is 13.1 Å². The fraction of sp³-hybridized carbons (Fsp3) is 0.818. The van der Waals surface area contributed by atoms with E-state index in [9.17, 15) is 9.59 Å². The maximum absolute atomic E-state index is 11.4. The van der Waals surface area contributed by atoms with Crippen molar-refractivity contribution in [1.82, 2.24) is 4.90 Å². The van der Waals surface area contributed by atoms with Gasteiger partial charge in [-0.2, -0.15) is 0 Å². The summed E-state index contributed by atoms with van der Waals surface area (Å²) < 4.78 is 5.01. The fourth-order valence-electron chi connectivity index (χ4n) is 1.93. The Labute approximate surface area is 95.4 Å². The van der Waals surface area contributed by atoms with Crippen LogP contribution in [0, 0.1) is 0 Å². The summed E-state index contributed by atoms with van der Waals surface area (Å²) in [5.41, 5.74) is 0. The van der Waals surface area contributed by atoms with Crippen molar-refractivity contribution in [2.45, 2.75) is 45.3 Å². The smallest absolute Gasteiger partial charge is 0.320 e. The Kier molecular flexibility index (Phi) is 4.73. The summed E-state index contributed by atoms with van der Waals surface area (Å²) in [6, 6.07) is -0.534. The second kappa shape index (κ2) is 5.84. The summed E-state index contributed by atoms with van der Waals surface area (Å²) in [6.07, 6.45) is 2.32. The predicted octanol–water partition coefficient (Wildman–Crippen LogP) is 0.877. The van der Waals surface area contributed by atoms with E-state index in [1.165, 1.54) is 0 Å². The lowest BCUT2D eigenvalue weighted by atomic mass is 10.0. The van der Waals surface area contributed by atoms with Gasteiger partial charge in [-0.15, -0.1) is 0 Å². The zero-order valence-corrected chi connectivity index (χ0v) is 9.81. The van der Waals surface area contributed by atoms with E-state index in [0.29, 0.717) is 13.0 Å². The van der Waals surface area contributed by atoms with Crippen LogP contribution in [-0.4, -0.2) is 47.2 Å². The number of hydrogen-bond donors (Lipinski definition) is 1. The molecule has 1 saturated heterocycles. The molecule has 16 heavy (non-hydrogen) atoms. The number of piperidine rings is 1. The van der Waals surface area contributed by atoms with Gasteiger partial charge in [0.15, 0.2) is 0 Å². The van der Waals surface area contributed by atoms with Crippen LogP contribution in [-0.2, 0) is 14.3 Å². The Hall–Kier alpha value is -1.10. The summed E-state index contributed by atoms with van der Waals surface area (Å²) in [5.74, 6) is -1.19. The van der Waals surface area contributed by atoms with Crippen molar-refractivity contribution >= 4 is 11.9 Å². The highest BCUT2D eigenvalue weighted by molar-refractivity contribution is 5.76. The van der Waals surface area contributed by atoms with Crippen LogP contribution >= 0.6 is 0 Å². The predicted molar refractivity (Wildman–Crippen MR) is 58.1 cm³/mol. The molecule has 5 nitrogen and oxygen atoms in total. The van der Waals surface area contributed by atoms with Gasteiger partial charge in [0.1, 0.15) is 6.04 Å². The quantitative estimate of drug-likeness (QED) is 0.725. The maximum Gasteiger partial charge on any atom is 0.320 e. The van der Waals surface area contributed by atoms with Gasteiger partial charge < -0.3 is 9.84 Å². The molecular formula is C11H19NO4. The number of nitrogens with zero attached hydrogens (tertiary/aromatic N) is 1. The van der Waals surface area contributed by atoms with Crippen LogP contribution in [0.1, 0.15) is 33.1 Å². The molecule has 1 rings (SSSR count). The van der Waals surface area contributed by atoms with E-state index in [4.69, 9.17) is 9.84 Å². The molecule has 0 spiro atoms. The van der Waals surface area contributed by atoms with Crippen LogP contribution in [0.5, 0.6) is 0 Å². The first-order valence-electron chi connectivity index (χ1n) is 5.67. The molecule has 0 aliphatic carbocycles. The lowest BCUT2D eigenvalue weighted by Crippen LogP contribution is -2.47. The zero-order chi connectivity index (χ0) is 12.1. The molecule has 92 valence electrons. The SMILES string of the molecule is CC(C)OC(=O)CN1CCCCC1C(=O)O. The third-order valence-electron chi connectivity index (χ3n) is 2.60. The Bertz CT molecular complexity index is 265. The van der Waals surface area contributed by atoms with Crippen LogP contribution in [0.3, 0.4) is 0 Å². The van der Waals surface area contributed by atoms with Gasteiger partial charge >= 0.3 is 11.9 Å². The minimum atomic E-state index is -0.850. The maximum atomic E-state index is 11.4. The largest absolute Gasteiger partial charge is 0.480 e. The summed E-state index contributed by atoms with van der Waals surface area (Å²) >= 11 is 0. The lowest BCUT2D eigenvalue weighted by molar-refractivity contribution is -0.153. The number of rotatable bonds is 4. The van der Waals surface area contributed by atoms with E-state index in [1.54, 1.807) is 18.7 Å². The molecular weight excluding hydrogens is 210 g/mol. The van der Waals surface area contributed by atoms with Gasteiger partial charge in [0.05, 0.1) is 12.6 Å². The molecule has 0 amide bonds. The zero-order valence-electron chi connectivity index (χ0n) is 9.81. The van der Waals surface area contributed by atoms with Crippen molar-refractivity contribution in [3.05, 3.63) is 0 Å². The third-order valence-corrected chi connectivity index (χ3v) is 2.60. The van der Waals surface area contributed by atoms with Crippen LogP contribution in [0.4, 0.5) is 0 Å². The number of carboxylic acids is 1. The average Bonchev–Trinajstić information content (AvgIpc) is 2.16. The molecule has 1 atom stereocenters. The van der Waals surface area contributed by atoms with Crippen LogP contribution < -0.4 is 0 Å². The minimum absolute atomic E-state index is 0.0785. The van der Waals surface area contributed by atoms with Crippen LogP contribution in [0.25, 0.3) is 0 Å². The molecule has 1 N–H and O–H groups in total. The van der Waals surface area contributed by atoms with Crippen LogP contribution in [0.2, 0.25) is 0 Å². The molecule has 5 heteroatoms. The second-order valence-corrected chi connectivity index (χ2v) is 4.36. The topological polar surface area (TPSA) is 66.8 Å². The van der Waals surface area contributed by atoms with Crippen molar-refractivity contribution in [3.8, 4) is 0 Å². The Morgan fingerprint density at radius 1 is 1.44 bits per heavy atom. The first-order valence-corrected chi connectivity index (χ1v) is 5.67. The third kappa shape index (κ3) is 3.81. The lowest BCUT2D eigenvalue weighted by Gasteiger charge is -2.31. The standard InChI is InChI=1S/C11H19NO4/c1-8(2)16-10(13)7-12-6-4-3-5-9(12)11(14)15/h8-9H,3-7H2,1-2H3,(H,14,15). The van der Waals surface area contributed by atoms with E-state index >= 15 is 0 Å². The number of esters is 1. The van der Waals surface area contributed by atoms with E-state index < -0.39 is 12.0 Å². The molecule has 0 bridgehead atoms. The molecule has 0 saturated carbocycles. The van der Waals surface area contributed by atoms with Crippen LogP contribution in [0.15, 0.2) is 0 Å².